The predicted octanol–water partition coefficient (Wildman–Crippen LogP) is 3.38. The number of hydrogen-bond donors (Lipinski definition) is 4. The highest BCUT2D eigenvalue weighted by molar-refractivity contribution is 5.89. The number of aromatic nitrogens is 7. The minimum Gasteiger partial charge on any atom is -0.481 e. The quantitative estimate of drug-likeness (QED) is 0.350. The van der Waals surface area contributed by atoms with Gasteiger partial charge < -0.3 is 10.4 Å². The monoisotopic (exact) mass is 466 g/mol. The predicted molar refractivity (Wildman–Crippen MR) is 116 cm³/mol. The summed E-state index contributed by atoms with van der Waals surface area (Å²) in [5.41, 5.74) is 0.886. The van der Waals surface area contributed by atoms with Crippen LogP contribution >= 0.6 is 0 Å². The normalized spacial score (nSPS) is 23.9. The summed E-state index contributed by atoms with van der Waals surface area (Å²) in [6.45, 7) is 0. The Morgan fingerprint density at radius 3 is 2.62 bits per heavy atom. The van der Waals surface area contributed by atoms with Crippen molar-refractivity contribution in [2.45, 2.75) is 31.7 Å². The Morgan fingerprint density at radius 1 is 1.09 bits per heavy atom. The summed E-state index contributed by atoms with van der Waals surface area (Å²) in [7, 11) is 0. The largest absolute Gasteiger partial charge is 0.481 e. The molecule has 0 spiro atoms. The number of pyridine rings is 1. The number of H-pyrrole nitrogens is 2. The average Bonchev–Trinajstić information content (AvgIpc) is 3.51. The maximum atomic E-state index is 15.7. The molecule has 4 N–H and O–H groups in total. The van der Waals surface area contributed by atoms with Crippen LogP contribution in [0.1, 0.15) is 25.7 Å². The molecule has 0 amide bonds. The van der Waals surface area contributed by atoms with Gasteiger partial charge in [-0.15, -0.1) is 0 Å². The molecule has 2 unspecified atom stereocenters. The number of anilines is 1. The minimum absolute atomic E-state index is 0.0328. The first-order valence-electron chi connectivity index (χ1n) is 11.1. The van der Waals surface area contributed by atoms with Gasteiger partial charge >= 0.3 is 5.97 Å². The molecule has 4 aromatic rings. The van der Waals surface area contributed by atoms with Gasteiger partial charge in [0.05, 0.1) is 23.7 Å². The summed E-state index contributed by atoms with van der Waals surface area (Å²) in [6, 6.07) is 0.786. The molecule has 12 heteroatoms. The van der Waals surface area contributed by atoms with Gasteiger partial charge in [0, 0.05) is 17.8 Å². The molecule has 34 heavy (non-hydrogen) atoms. The second-order valence-corrected chi connectivity index (χ2v) is 8.88. The van der Waals surface area contributed by atoms with E-state index >= 15 is 4.39 Å². The topological polar surface area (TPSA) is 145 Å². The summed E-state index contributed by atoms with van der Waals surface area (Å²) in [4.78, 5) is 24.8. The van der Waals surface area contributed by atoms with Crippen LogP contribution < -0.4 is 5.32 Å². The lowest BCUT2D eigenvalue weighted by molar-refractivity contribution is -0.148. The number of halogens is 2. The lowest BCUT2D eigenvalue weighted by Gasteiger charge is -2.47. The van der Waals surface area contributed by atoms with Crippen molar-refractivity contribution in [3.8, 4) is 22.8 Å². The lowest BCUT2D eigenvalue weighted by atomic mass is 9.61. The van der Waals surface area contributed by atoms with Gasteiger partial charge in [0.15, 0.2) is 23.1 Å². The van der Waals surface area contributed by atoms with Crippen LogP contribution in [-0.2, 0) is 4.79 Å². The van der Waals surface area contributed by atoms with E-state index in [0.29, 0.717) is 16.6 Å². The van der Waals surface area contributed by atoms with Crippen LogP contribution in [0, 0.1) is 29.4 Å². The van der Waals surface area contributed by atoms with Gasteiger partial charge in [-0.3, -0.25) is 15.0 Å². The Morgan fingerprint density at radius 2 is 1.88 bits per heavy atom. The Bertz CT molecular complexity index is 1380. The molecular formula is C22H20F2N8O2. The van der Waals surface area contributed by atoms with Crippen molar-refractivity contribution >= 4 is 22.8 Å². The first-order valence-corrected chi connectivity index (χ1v) is 11.1. The Hall–Kier alpha value is -3.96. The smallest absolute Gasteiger partial charge is 0.308 e. The molecule has 174 valence electrons. The molecule has 3 aliphatic carbocycles. The molecule has 10 nitrogen and oxygen atoms in total. The van der Waals surface area contributed by atoms with Crippen molar-refractivity contribution in [3.05, 3.63) is 36.3 Å². The second-order valence-electron chi connectivity index (χ2n) is 8.88. The third-order valence-electron chi connectivity index (χ3n) is 7.03. The van der Waals surface area contributed by atoms with E-state index in [-0.39, 0.29) is 34.9 Å². The van der Waals surface area contributed by atoms with E-state index in [1.54, 1.807) is 0 Å². The van der Waals surface area contributed by atoms with Gasteiger partial charge in [-0.2, -0.15) is 10.2 Å². The SMILES string of the molecule is O=C(O)C1C2CCC(CC2)C1Nc1nc(-c2n[nH]c3ncc(F)cc23)nc(-c2cn[nH]c2)c1F. The number of nitrogens with one attached hydrogen (secondary N) is 3. The van der Waals surface area contributed by atoms with Crippen LogP contribution in [0.4, 0.5) is 14.6 Å². The molecule has 7 rings (SSSR count). The van der Waals surface area contributed by atoms with Crippen molar-refractivity contribution in [2.75, 3.05) is 5.32 Å². The Kier molecular flexibility index (Phi) is 4.74. The van der Waals surface area contributed by atoms with Gasteiger partial charge in [0.2, 0.25) is 0 Å². The van der Waals surface area contributed by atoms with E-state index in [4.69, 9.17) is 0 Å². The van der Waals surface area contributed by atoms with E-state index < -0.39 is 29.6 Å². The van der Waals surface area contributed by atoms with E-state index in [1.165, 1.54) is 18.5 Å². The Labute approximate surface area is 191 Å². The number of rotatable bonds is 5. The highest BCUT2D eigenvalue weighted by Crippen LogP contribution is 2.46. The summed E-state index contributed by atoms with van der Waals surface area (Å²) >= 11 is 0. The zero-order valence-corrected chi connectivity index (χ0v) is 17.8. The number of aliphatic carboxylic acids is 1. The summed E-state index contributed by atoms with van der Waals surface area (Å²) in [6.07, 6.45) is 7.45. The van der Waals surface area contributed by atoms with Crippen LogP contribution in [-0.4, -0.2) is 52.5 Å². The van der Waals surface area contributed by atoms with Crippen LogP contribution in [0.3, 0.4) is 0 Å². The molecule has 4 heterocycles. The third kappa shape index (κ3) is 3.28. The zero-order chi connectivity index (χ0) is 23.4. The summed E-state index contributed by atoms with van der Waals surface area (Å²) in [5, 5.41) is 26.8. The van der Waals surface area contributed by atoms with Crippen molar-refractivity contribution in [2.24, 2.45) is 17.8 Å². The first kappa shape index (κ1) is 20.6. The first-order chi connectivity index (χ1) is 16.5. The number of nitrogens with zero attached hydrogens (tertiary/aromatic N) is 5. The molecule has 0 aliphatic heterocycles. The molecule has 4 aromatic heterocycles. The minimum atomic E-state index is -0.892. The molecule has 3 fully saturated rings. The lowest BCUT2D eigenvalue weighted by Crippen LogP contribution is -2.51. The van der Waals surface area contributed by atoms with Crippen LogP contribution in [0.2, 0.25) is 0 Å². The molecular weight excluding hydrogens is 446 g/mol. The zero-order valence-electron chi connectivity index (χ0n) is 17.8. The Balaban J connectivity index is 1.49. The highest BCUT2D eigenvalue weighted by atomic mass is 19.1. The fraction of sp³-hybridized carbons (Fsp3) is 0.364. The maximum Gasteiger partial charge on any atom is 0.308 e. The number of carbonyl (C=O) groups is 1. The molecule has 3 aliphatic rings. The van der Waals surface area contributed by atoms with Crippen molar-refractivity contribution in [1.29, 1.82) is 0 Å². The molecule has 3 saturated carbocycles. The van der Waals surface area contributed by atoms with Gasteiger partial charge in [0.25, 0.3) is 0 Å². The van der Waals surface area contributed by atoms with Gasteiger partial charge in [0.1, 0.15) is 17.2 Å². The van der Waals surface area contributed by atoms with Crippen molar-refractivity contribution < 1.29 is 18.7 Å². The highest BCUT2D eigenvalue weighted by Gasteiger charge is 2.47. The van der Waals surface area contributed by atoms with E-state index in [0.717, 1.165) is 31.9 Å². The van der Waals surface area contributed by atoms with Crippen molar-refractivity contribution in [3.63, 3.8) is 0 Å². The van der Waals surface area contributed by atoms with E-state index in [9.17, 15) is 14.3 Å². The number of carboxylic acid groups (broad SMARTS) is 1. The summed E-state index contributed by atoms with van der Waals surface area (Å²) < 4.78 is 29.6. The van der Waals surface area contributed by atoms with Crippen LogP contribution in [0.15, 0.2) is 24.7 Å². The number of carboxylic acids is 1. The van der Waals surface area contributed by atoms with Gasteiger partial charge in [-0.25, -0.2) is 23.7 Å². The fourth-order valence-corrected chi connectivity index (χ4v) is 5.44. The molecule has 2 atom stereocenters. The summed E-state index contributed by atoms with van der Waals surface area (Å²) in [5.74, 6) is -2.73. The molecule has 0 aromatic carbocycles. The second kappa shape index (κ2) is 7.82. The average molecular weight is 466 g/mol. The number of hydrogen-bond acceptors (Lipinski definition) is 7. The van der Waals surface area contributed by atoms with Crippen LogP contribution in [0.25, 0.3) is 33.8 Å². The maximum absolute atomic E-state index is 15.7. The van der Waals surface area contributed by atoms with E-state index in [1.807, 2.05) is 0 Å². The molecule has 0 radical (unpaired) electrons. The number of fused-ring (bicyclic) bond motifs is 4. The van der Waals surface area contributed by atoms with Gasteiger partial charge in [-0.1, -0.05) is 0 Å². The third-order valence-corrected chi connectivity index (χ3v) is 7.03. The van der Waals surface area contributed by atoms with Crippen LogP contribution in [0.5, 0.6) is 0 Å². The fourth-order valence-electron chi connectivity index (χ4n) is 5.44. The molecule has 2 bridgehead atoms. The van der Waals surface area contributed by atoms with Gasteiger partial charge in [-0.05, 0) is 43.6 Å². The standard InChI is InChI=1S/C22H20F2N8O2/c23-12-5-13-18(31-32-19(13)25-8-12)21-29-17(11-6-26-27-7-11)15(24)20(30-21)28-16-10-3-1-9(2-4-10)14(16)22(33)34/h5-10,14,16H,1-4H2,(H,26,27)(H,33,34)(H,25,31,32)(H,28,29,30). The van der Waals surface area contributed by atoms with Crippen molar-refractivity contribution in [1.82, 2.24) is 35.3 Å². The number of aromatic amines is 2. The van der Waals surface area contributed by atoms with E-state index in [2.05, 4.69) is 40.7 Å². The molecule has 0 saturated heterocycles.